The fourth-order valence-corrected chi connectivity index (χ4v) is 3.49. The predicted octanol–water partition coefficient (Wildman–Crippen LogP) is 4.26. The topological polar surface area (TPSA) is 6.48 Å². The lowest BCUT2D eigenvalue weighted by Crippen LogP contribution is -2.49. The molecular weight excluding hydrogens is 368 g/mol. The molecule has 106 valence electrons. The lowest BCUT2D eigenvalue weighted by atomic mass is 10.1. The van der Waals surface area contributed by atoms with Gasteiger partial charge in [0.2, 0.25) is 0 Å². The zero-order chi connectivity index (χ0) is 13.8. The Labute approximate surface area is 133 Å². The van der Waals surface area contributed by atoms with Gasteiger partial charge in [-0.15, -0.1) is 0 Å². The highest BCUT2D eigenvalue weighted by Crippen LogP contribution is 2.27. The van der Waals surface area contributed by atoms with Crippen LogP contribution in [0.25, 0.3) is 0 Å². The summed E-state index contributed by atoms with van der Waals surface area (Å²) >= 11 is 7.15. The van der Waals surface area contributed by atoms with Crippen LogP contribution in [0.4, 0.5) is 5.69 Å². The summed E-state index contributed by atoms with van der Waals surface area (Å²) in [5.74, 6) is 0. The van der Waals surface area contributed by atoms with Crippen LogP contribution < -0.4 is 4.90 Å². The van der Waals surface area contributed by atoms with Gasteiger partial charge in [-0.1, -0.05) is 38.8 Å². The molecule has 1 fully saturated rings. The second-order valence-corrected chi connectivity index (χ2v) is 6.66. The Morgan fingerprint density at radius 1 is 1.21 bits per heavy atom. The van der Waals surface area contributed by atoms with Crippen molar-refractivity contribution in [3.05, 3.63) is 28.2 Å². The van der Waals surface area contributed by atoms with Crippen molar-refractivity contribution in [2.45, 2.75) is 31.6 Å². The summed E-state index contributed by atoms with van der Waals surface area (Å²) in [5.41, 5.74) is 2.75. The molecule has 0 bridgehead atoms. The van der Waals surface area contributed by atoms with Crippen molar-refractivity contribution >= 4 is 37.5 Å². The fraction of sp³-hybridized carbons (Fsp3) is 0.600. The number of nitrogens with zero attached hydrogens (tertiary/aromatic N) is 2. The van der Waals surface area contributed by atoms with Crippen molar-refractivity contribution in [3.63, 3.8) is 0 Å². The maximum absolute atomic E-state index is 3.60. The van der Waals surface area contributed by atoms with Gasteiger partial charge >= 0.3 is 0 Å². The maximum atomic E-state index is 3.60. The Balaban J connectivity index is 2.05. The number of piperazine rings is 1. The molecule has 0 radical (unpaired) electrons. The SMILES string of the molecule is CCC(C)N1CCN(c2ccc(Br)cc2CBr)CC1. The summed E-state index contributed by atoms with van der Waals surface area (Å²) in [4.78, 5) is 5.12. The first-order valence-electron chi connectivity index (χ1n) is 6.99. The van der Waals surface area contributed by atoms with Crippen molar-refractivity contribution in [3.8, 4) is 0 Å². The van der Waals surface area contributed by atoms with Gasteiger partial charge in [0.15, 0.2) is 0 Å². The van der Waals surface area contributed by atoms with Gasteiger partial charge in [0.1, 0.15) is 0 Å². The minimum atomic E-state index is 0.711. The molecule has 1 unspecified atom stereocenters. The van der Waals surface area contributed by atoms with E-state index in [1.807, 2.05) is 0 Å². The first-order valence-corrected chi connectivity index (χ1v) is 8.90. The van der Waals surface area contributed by atoms with Crippen LogP contribution in [0.2, 0.25) is 0 Å². The third-order valence-corrected chi connectivity index (χ3v) is 5.15. The van der Waals surface area contributed by atoms with E-state index in [1.165, 1.54) is 30.8 Å². The Hall–Kier alpha value is -0.0600. The second kappa shape index (κ2) is 7.09. The van der Waals surface area contributed by atoms with E-state index < -0.39 is 0 Å². The summed E-state index contributed by atoms with van der Waals surface area (Å²) in [7, 11) is 0. The van der Waals surface area contributed by atoms with E-state index in [-0.39, 0.29) is 0 Å². The van der Waals surface area contributed by atoms with Crippen LogP contribution in [0.15, 0.2) is 22.7 Å². The van der Waals surface area contributed by atoms with Crippen LogP contribution in [-0.4, -0.2) is 37.1 Å². The van der Waals surface area contributed by atoms with E-state index in [1.54, 1.807) is 0 Å². The van der Waals surface area contributed by atoms with Gasteiger partial charge in [0, 0.05) is 47.7 Å². The number of alkyl halides is 1. The van der Waals surface area contributed by atoms with E-state index in [0.717, 1.165) is 22.9 Å². The molecule has 4 heteroatoms. The van der Waals surface area contributed by atoms with Gasteiger partial charge in [-0.05, 0) is 37.1 Å². The molecule has 1 aromatic rings. The van der Waals surface area contributed by atoms with Crippen LogP contribution in [0.3, 0.4) is 0 Å². The van der Waals surface area contributed by atoms with E-state index in [2.05, 4.69) is 73.7 Å². The van der Waals surface area contributed by atoms with Crippen molar-refractivity contribution in [2.75, 3.05) is 31.1 Å². The number of hydrogen-bond donors (Lipinski definition) is 0. The predicted molar refractivity (Wildman–Crippen MR) is 90.3 cm³/mol. The van der Waals surface area contributed by atoms with Gasteiger partial charge in [-0.25, -0.2) is 0 Å². The summed E-state index contributed by atoms with van der Waals surface area (Å²) in [5, 5.41) is 0.910. The highest BCUT2D eigenvalue weighted by molar-refractivity contribution is 9.10. The lowest BCUT2D eigenvalue weighted by Gasteiger charge is -2.39. The van der Waals surface area contributed by atoms with Crippen LogP contribution in [-0.2, 0) is 5.33 Å². The van der Waals surface area contributed by atoms with Crippen molar-refractivity contribution < 1.29 is 0 Å². The molecule has 1 atom stereocenters. The fourth-order valence-electron chi connectivity index (χ4n) is 2.63. The molecule has 0 aromatic heterocycles. The van der Waals surface area contributed by atoms with Gasteiger partial charge in [-0.3, -0.25) is 4.90 Å². The minimum absolute atomic E-state index is 0.711. The number of halogens is 2. The van der Waals surface area contributed by atoms with Crippen molar-refractivity contribution in [1.82, 2.24) is 4.90 Å². The van der Waals surface area contributed by atoms with E-state index in [9.17, 15) is 0 Å². The Kier molecular flexibility index (Phi) is 5.72. The molecule has 1 aliphatic heterocycles. The first kappa shape index (κ1) is 15.3. The molecule has 0 spiro atoms. The zero-order valence-corrected chi connectivity index (χ0v) is 14.9. The third kappa shape index (κ3) is 3.73. The molecule has 1 aliphatic rings. The Bertz CT molecular complexity index is 415. The first-order chi connectivity index (χ1) is 9.15. The molecule has 0 aliphatic carbocycles. The highest BCUT2D eigenvalue weighted by Gasteiger charge is 2.21. The molecular formula is C15H22Br2N2. The Morgan fingerprint density at radius 3 is 2.47 bits per heavy atom. The average Bonchev–Trinajstić information content (AvgIpc) is 2.46. The van der Waals surface area contributed by atoms with Crippen LogP contribution in [0.5, 0.6) is 0 Å². The smallest absolute Gasteiger partial charge is 0.0409 e. The van der Waals surface area contributed by atoms with Gasteiger partial charge in [0.25, 0.3) is 0 Å². The maximum Gasteiger partial charge on any atom is 0.0409 e. The van der Waals surface area contributed by atoms with Crippen LogP contribution >= 0.6 is 31.9 Å². The molecule has 0 amide bonds. The lowest BCUT2D eigenvalue weighted by molar-refractivity contribution is 0.193. The standard InChI is InChI=1S/C15H22Br2N2/c1-3-12(2)18-6-8-19(9-7-18)15-5-4-14(17)10-13(15)11-16/h4-5,10,12H,3,6-9,11H2,1-2H3. The minimum Gasteiger partial charge on any atom is -0.369 e. The number of anilines is 1. The molecule has 19 heavy (non-hydrogen) atoms. The number of rotatable bonds is 4. The summed E-state index contributed by atoms with van der Waals surface area (Å²) in [6.45, 7) is 9.21. The molecule has 2 nitrogen and oxygen atoms in total. The molecule has 0 N–H and O–H groups in total. The van der Waals surface area contributed by atoms with Gasteiger partial charge < -0.3 is 4.90 Å². The molecule has 2 rings (SSSR count). The van der Waals surface area contributed by atoms with E-state index in [0.29, 0.717) is 6.04 Å². The van der Waals surface area contributed by atoms with Gasteiger partial charge in [0.05, 0.1) is 0 Å². The molecule has 1 saturated heterocycles. The third-order valence-electron chi connectivity index (χ3n) is 4.05. The van der Waals surface area contributed by atoms with Crippen molar-refractivity contribution in [2.24, 2.45) is 0 Å². The van der Waals surface area contributed by atoms with Crippen molar-refractivity contribution in [1.29, 1.82) is 0 Å². The molecule has 1 heterocycles. The van der Waals surface area contributed by atoms with Crippen LogP contribution in [0, 0.1) is 0 Å². The summed E-state index contributed by atoms with van der Waals surface area (Å²) in [6, 6.07) is 7.30. The Morgan fingerprint density at radius 2 is 1.89 bits per heavy atom. The zero-order valence-electron chi connectivity index (χ0n) is 11.7. The monoisotopic (exact) mass is 388 g/mol. The summed E-state index contributed by atoms with van der Waals surface area (Å²) in [6.07, 6.45) is 1.24. The number of benzene rings is 1. The largest absolute Gasteiger partial charge is 0.369 e. The number of hydrogen-bond acceptors (Lipinski definition) is 2. The quantitative estimate of drug-likeness (QED) is 0.709. The van der Waals surface area contributed by atoms with Crippen LogP contribution in [0.1, 0.15) is 25.8 Å². The highest BCUT2D eigenvalue weighted by atomic mass is 79.9. The second-order valence-electron chi connectivity index (χ2n) is 5.19. The molecule has 1 aromatic carbocycles. The average molecular weight is 390 g/mol. The normalized spacial score (nSPS) is 18.6. The molecule has 0 saturated carbocycles. The van der Waals surface area contributed by atoms with Gasteiger partial charge in [-0.2, -0.15) is 0 Å². The van der Waals surface area contributed by atoms with E-state index >= 15 is 0 Å². The summed E-state index contributed by atoms with van der Waals surface area (Å²) < 4.78 is 1.16. The van der Waals surface area contributed by atoms with E-state index in [4.69, 9.17) is 0 Å².